The maximum Gasteiger partial charge on any atom is 0.0544 e. The summed E-state index contributed by atoms with van der Waals surface area (Å²) in [6.07, 6.45) is 9.62. The quantitative estimate of drug-likeness (QED) is 0.323. The third kappa shape index (κ3) is 2.86. The summed E-state index contributed by atoms with van der Waals surface area (Å²) in [5, 5.41) is 2.56. The summed E-state index contributed by atoms with van der Waals surface area (Å²) >= 11 is 0. The van der Waals surface area contributed by atoms with Gasteiger partial charge in [-0.2, -0.15) is 0 Å². The Labute approximate surface area is 172 Å². The third-order valence-electron chi connectivity index (χ3n) is 6.07. The Morgan fingerprint density at radius 1 is 0.828 bits per heavy atom. The zero-order valence-electron chi connectivity index (χ0n) is 17.0. The van der Waals surface area contributed by atoms with Gasteiger partial charge in [0.05, 0.1) is 11.0 Å². The molecule has 1 aliphatic rings. The Hall–Kier alpha value is -3.32. The highest BCUT2D eigenvalue weighted by atomic mass is 15.0. The van der Waals surface area contributed by atoms with Crippen molar-refractivity contribution < 1.29 is 0 Å². The van der Waals surface area contributed by atoms with Crippen molar-refractivity contribution in [3.63, 3.8) is 0 Å². The second kappa shape index (κ2) is 6.63. The SMILES string of the molecule is C=C1/C=C\C=C/CC(C)(C)c2cc3c(cc21)c1ccccc1n3-c1ccccc1. The molecule has 0 fully saturated rings. The minimum absolute atomic E-state index is 0.0208. The van der Waals surface area contributed by atoms with Crippen molar-refractivity contribution in [3.05, 3.63) is 109 Å². The Morgan fingerprint density at radius 3 is 2.41 bits per heavy atom. The van der Waals surface area contributed by atoms with Crippen LogP contribution in [0.2, 0.25) is 0 Å². The summed E-state index contributed by atoms with van der Waals surface area (Å²) in [7, 11) is 0. The number of aromatic nitrogens is 1. The van der Waals surface area contributed by atoms with Gasteiger partial charge in [0.2, 0.25) is 0 Å². The predicted molar refractivity (Wildman–Crippen MR) is 126 cm³/mol. The lowest BCUT2D eigenvalue weighted by Crippen LogP contribution is -2.18. The molecule has 0 amide bonds. The van der Waals surface area contributed by atoms with E-state index >= 15 is 0 Å². The van der Waals surface area contributed by atoms with Gasteiger partial charge in [-0.1, -0.05) is 81.1 Å². The lowest BCUT2D eigenvalue weighted by Gasteiger charge is -2.27. The standard InChI is InChI=1S/C28H25N/c1-20-12-6-5-11-17-28(2,3)25-19-27-24(18-23(20)25)22-15-9-10-16-26(22)29(27)21-13-7-4-8-14-21/h4-16,18-19H,1,17H2,2-3H3/b11-5-,12-6-. The molecule has 29 heavy (non-hydrogen) atoms. The predicted octanol–water partition coefficient (Wildman–Crippen LogP) is 7.59. The van der Waals surface area contributed by atoms with Crippen LogP contribution in [0.5, 0.6) is 0 Å². The first kappa shape index (κ1) is 17.8. The van der Waals surface area contributed by atoms with Crippen molar-refractivity contribution in [1.29, 1.82) is 0 Å². The molecule has 0 spiro atoms. The summed E-state index contributed by atoms with van der Waals surface area (Å²) in [5.74, 6) is 0. The summed E-state index contributed by atoms with van der Waals surface area (Å²) < 4.78 is 2.39. The van der Waals surface area contributed by atoms with Crippen molar-refractivity contribution >= 4 is 27.4 Å². The van der Waals surface area contributed by atoms with E-state index in [1.807, 2.05) is 0 Å². The van der Waals surface area contributed by atoms with E-state index < -0.39 is 0 Å². The summed E-state index contributed by atoms with van der Waals surface area (Å²) in [5.41, 5.74) is 7.38. The number of nitrogens with zero attached hydrogens (tertiary/aromatic N) is 1. The van der Waals surface area contributed by atoms with Crippen LogP contribution in [0.15, 0.2) is 97.6 Å². The van der Waals surface area contributed by atoms with Gasteiger partial charge in [-0.05, 0) is 58.9 Å². The van der Waals surface area contributed by atoms with Gasteiger partial charge in [0.25, 0.3) is 0 Å². The lowest BCUT2D eigenvalue weighted by molar-refractivity contribution is 0.533. The van der Waals surface area contributed by atoms with E-state index in [0.717, 1.165) is 12.0 Å². The first-order valence-electron chi connectivity index (χ1n) is 10.2. The normalized spacial score (nSPS) is 18.1. The van der Waals surface area contributed by atoms with E-state index in [4.69, 9.17) is 0 Å². The molecule has 0 saturated carbocycles. The largest absolute Gasteiger partial charge is 0.309 e. The van der Waals surface area contributed by atoms with Gasteiger partial charge in [-0.3, -0.25) is 0 Å². The molecule has 0 unspecified atom stereocenters. The Bertz CT molecular complexity index is 1300. The number of fused-ring (bicyclic) bond motifs is 4. The van der Waals surface area contributed by atoms with Gasteiger partial charge >= 0.3 is 0 Å². The molecule has 0 aliphatic heterocycles. The number of hydrogen-bond acceptors (Lipinski definition) is 0. The van der Waals surface area contributed by atoms with E-state index in [1.165, 1.54) is 38.6 Å². The minimum atomic E-state index is 0.0208. The van der Waals surface area contributed by atoms with Crippen molar-refractivity contribution in [3.8, 4) is 5.69 Å². The number of allylic oxidation sites excluding steroid dienone is 5. The highest BCUT2D eigenvalue weighted by molar-refractivity contribution is 6.10. The fourth-order valence-electron chi connectivity index (χ4n) is 4.51. The first-order valence-corrected chi connectivity index (χ1v) is 10.2. The first-order chi connectivity index (χ1) is 14.1. The summed E-state index contributed by atoms with van der Waals surface area (Å²) in [6, 6.07) is 24.1. The molecule has 1 aliphatic carbocycles. The second-order valence-corrected chi connectivity index (χ2v) is 8.50. The molecule has 0 saturated heterocycles. The summed E-state index contributed by atoms with van der Waals surface area (Å²) in [6.45, 7) is 9.05. The van der Waals surface area contributed by atoms with E-state index in [9.17, 15) is 0 Å². The van der Waals surface area contributed by atoms with Crippen LogP contribution in [0.1, 0.15) is 31.4 Å². The zero-order valence-corrected chi connectivity index (χ0v) is 17.0. The molecule has 5 rings (SSSR count). The Balaban J connectivity index is 1.93. The van der Waals surface area contributed by atoms with Crippen molar-refractivity contribution in [2.75, 3.05) is 0 Å². The fraction of sp³-hybridized carbons (Fsp3) is 0.143. The van der Waals surface area contributed by atoms with Gasteiger partial charge in [0, 0.05) is 16.5 Å². The molecule has 3 aromatic carbocycles. The molecule has 0 atom stereocenters. The van der Waals surface area contributed by atoms with Crippen LogP contribution < -0.4 is 0 Å². The number of rotatable bonds is 1. The van der Waals surface area contributed by atoms with Crippen LogP contribution in [-0.4, -0.2) is 4.57 Å². The van der Waals surface area contributed by atoms with Gasteiger partial charge in [0.15, 0.2) is 0 Å². The molecule has 1 nitrogen and oxygen atoms in total. The van der Waals surface area contributed by atoms with Gasteiger partial charge in [0.1, 0.15) is 0 Å². The van der Waals surface area contributed by atoms with Gasteiger partial charge in [-0.25, -0.2) is 0 Å². The number of para-hydroxylation sites is 2. The maximum absolute atomic E-state index is 4.39. The molecule has 4 aromatic rings. The highest BCUT2D eigenvalue weighted by Crippen LogP contribution is 2.40. The van der Waals surface area contributed by atoms with Crippen LogP contribution in [0.25, 0.3) is 33.1 Å². The van der Waals surface area contributed by atoms with Crippen LogP contribution in [0, 0.1) is 0 Å². The average molecular weight is 376 g/mol. The van der Waals surface area contributed by atoms with Crippen molar-refractivity contribution in [1.82, 2.24) is 4.57 Å². The molecule has 142 valence electrons. The lowest BCUT2D eigenvalue weighted by atomic mass is 9.77. The molecule has 0 radical (unpaired) electrons. The van der Waals surface area contributed by atoms with E-state index in [1.54, 1.807) is 0 Å². The topological polar surface area (TPSA) is 4.93 Å². The number of hydrogen-bond donors (Lipinski definition) is 0. The zero-order chi connectivity index (χ0) is 20.0. The molecule has 1 aromatic heterocycles. The Morgan fingerprint density at radius 2 is 1.59 bits per heavy atom. The second-order valence-electron chi connectivity index (χ2n) is 8.50. The average Bonchev–Trinajstić information content (AvgIpc) is 3.08. The van der Waals surface area contributed by atoms with Gasteiger partial charge < -0.3 is 4.57 Å². The molecular formula is C28H25N. The highest BCUT2D eigenvalue weighted by Gasteiger charge is 2.26. The maximum atomic E-state index is 4.39. The minimum Gasteiger partial charge on any atom is -0.309 e. The molecule has 0 bridgehead atoms. The van der Waals surface area contributed by atoms with E-state index in [-0.39, 0.29) is 5.41 Å². The van der Waals surface area contributed by atoms with Crippen molar-refractivity contribution in [2.45, 2.75) is 25.7 Å². The monoisotopic (exact) mass is 375 g/mol. The molecular weight excluding hydrogens is 350 g/mol. The number of benzene rings is 3. The van der Waals surface area contributed by atoms with Gasteiger partial charge in [-0.15, -0.1) is 0 Å². The van der Waals surface area contributed by atoms with Crippen LogP contribution in [0.4, 0.5) is 0 Å². The third-order valence-corrected chi connectivity index (χ3v) is 6.07. The van der Waals surface area contributed by atoms with E-state index in [2.05, 4.69) is 116 Å². The van der Waals surface area contributed by atoms with Crippen LogP contribution in [-0.2, 0) is 5.41 Å². The van der Waals surface area contributed by atoms with Crippen LogP contribution in [0.3, 0.4) is 0 Å². The molecule has 1 heterocycles. The smallest absolute Gasteiger partial charge is 0.0544 e. The van der Waals surface area contributed by atoms with E-state index in [0.29, 0.717) is 0 Å². The van der Waals surface area contributed by atoms with Crippen molar-refractivity contribution in [2.24, 2.45) is 0 Å². The summed E-state index contributed by atoms with van der Waals surface area (Å²) in [4.78, 5) is 0. The molecule has 1 heteroatoms. The van der Waals surface area contributed by atoms with Crippen LogP contribution >= 0.6 is 0 Å². The Kier molecular flexibility index (Phi) is 4.06. The fourth-order valence-corrected chi connectivity index (χ4v) is 4.51. The molecule has 0 N–H and O–H groups in total.